The predicted molar refractivity (Wildman–Crippen MR) is 60.4 cm³/mol. The molecule has 0 aliphatic heterocycles. The molecule has 0 spiro atoms. The lowest BCUT2D eigenvalue weighted by atomic mass is 10.4. The molecule has 0 bridgehead atoms. The van der Waals surface area contributed by atoms with E-state index in [2.05, 4.69) is 9.97 Å². The molecule has 0 fully saturated rings. The average Bonchev–Trinajstić information content (AvgIpc) is 2.25. The van der Waals surface area contributed by atoms with Crippen molar-refractivity contribution in [2.75, 3.05) is 0 Å². The molecule has 0 amide bonds. The first-order valence-electron chi connectivity index (χ1n) is 4.33. The number of hydrogen-bond donors (Lipinski definition) is 1. The van der Waals surface area contributed by atoms with E-state index in [4.69, 9.17) is 11.6 Å². The molecule has 2 aromatic rings. The highest BCUT2D eigenvalue weighted by Crippen LogP contribution is 2.29. The molecular weight excluding hydrogens is 251 g/mol. The van der Waals surface area contributed by atoms with E-state index in [9.17, 15) is 9.18 Å². The van der Waals surface area contributed by atoms with Gasteiger partial charge < -0.3 is 4.98 Å². The number of aromatic amines is 1. The van der Waals surface area contributed by atoms with Gasteiger partial charge in [0.1, 0.15) is 15.9 Å². The Bertz CT molecular complexity index is 573. The van der Waals surface area contributed by atoms with Gasteiger partial charge in [-0.1, -0.05) is 29.4 Å². The molecule has 1 aromatic carbocycles. The maximum atomic E-state index is 12.9. The van der Waals surface area contributed by atoms with E-state index in [1.165, 1.54) is 18.5 Å². The van der Waals surface area contributed by atoms with E-state index in [0.717, 1.165) is 11.8 Å². The number of nitrogens with one attached hydrogen (secondary N) is 1. The van der Waals surface area contributed by atoms with Crippen LogP contribution in [0.5, 0.6) is 0 Å². The van der Waals surface area contributed by atoms with Gasteiger partial charge in [-0.2, -0.15) is 0 Å². The van der Waals surface area contributed by atoms with Gasteiger partial charge in [-0.05, 0) is 18.2 Å². The summed E-state index contributed by atoms with van der Waals surface area (Å²) in [7, 11) is 0. The average molecular weight is 257 g/mol. The predicted octanol–water partition coefficient (Wildman–Crippen LogP) is 2.71. The van der Waals surface area contributed by atoms with Crippen molar-refractivity contribution in [3.63, 3.8) is 0 Å². The topological polar surface area (TPSA) is 45.8 Å². The minimum absolute atomic E-state index is 0.0109. The van der Waals surface area contributed by atoms with Gasteiger partial charge in [-0.3, -0.25) is 4.79 Å². The Kier molecular flexibility index (Phi) is 3.26. The van der Waals surface area contributed by atoms with Gasteiger partial charge in [0.05, 0.1) is 6.33 Å². The van der Waals surface area contributed by atoms with Gasteiger partial charge >= 0.3 is 0 Å². The molecule has 0 atom stereocenters. The van der Waals surface area contributed by atoms with Crippen LogP contribution in [0.2, 0.25) is 5.02 Å². The molecule has 1 heterocycles. The van der Waals surface area contributed by atoms with Crippen LogP contribution in [0.25, 0.3) is 0 Å². The molecule has 16 heavy (non-hydrogen) atoms. The van der Waals surface area contributed by atoms with Crippen molar-refractivity contribution in [2.24, 2.45) is 0 Å². The van der Waals surface area contributed by atoms with Crippen LogP contribution in [0.3, 0.4) is 0 Å². The van der Waals surface area contributed by atoms with Gasteiger partial charge in [-0.15, -0.1) is 0 Å². The number of H-pyrrole nitrogens is 1. The molecule has 1 aromatic heterocycles. The molecule has 2 rings (SSSR count). The fourth-order valence-corrected chi connectivity index (χ4v) is 2.13. The second-order valence-corrected chi connectivity index (χ2v) is 4.35. The molecule has 82 valence electrons. The molecule has 0 unspecified atom stereocenters. The number of benzene rings is 1. The maximum absolute atomic E-state index is 12.9. The Morgan fingerprint density at radius 1 is 1.44 bits per heavy atom. The fraction of sp³-hybridized carbons (Fsp3) is 0. The van der Waals surface area contributed by atoms with Crippen LogP contribution in [0.15, 0.2) is 45.3 Å². The van der Waals surface area contributed by atoms with E-state index in [0.29, 0.717) is 9.92 Å². The first kappa shape index (κ1) is 11.2. The lowest BCUT2D eigenvalue weighted by Gasteiger charge is -2.01. The number of aromatic nitrogens is 2. The van der Waals surface area contributed by atoms with Gasteiger partial charge in [0.25, 0.3) is 5.56 Å². The van der Waals surface area contributed by atoms with E-state index in [1.807, 2.05) is 0 Å². The zero-order valence-electron chi connectivity index (χ0n) is 7.91. The van der Waals surface area contributed by atoms with Crippen LogP contribution in [0.4, 0.5) is 4.39 Å². The lowest BCUT2D eigenvalue weighted by molar-refractivity contribution is 0.624. The van der Waals surface area contributed by atoms with Crippen LogP contribution in [0.1, 0.15) is 0 Å². The molecular formula is C10H6ClFN2OS. The van der Waals surface area contributed by atoms with Gasteiger partial charge in [-0.25, -0.2) is 9.37 Å². The second kappa shape index (κ2) is 4.67. The third kappa shape index (κ3) is 2.43. The number of hydrogen-bond acceptors (Lipinski definition) is 3. The van der Waals surface area contributed by atoms with Crippen molar-refractivity contribution < 1.29 is 4.39 Å². The summed E-state index contributed by atoms with van der Waals surface area (Å²) in [6.07, 6.45) is 1.26. The Balaban J connectivity index is 2.34. The van der Waals surface area contributed by atoms with Crippen LogP contribution in [-0.2, 0) is 0 Å². The van der Waals surface area contributed by atoms with Gasteiger partial charge in [0.15, 0.2) is 0 Å². The van der Waals surface area contributed by atoms with Crippen molar-refractivity contribution in [3.8, 4) is 0 Å². The zero-order valence-corrected chi connectivity index (χ0v) is 9.48. The third-order valence-corrected chi connectivity index (χ3v) is 3.23. The van der Waals surface area contributed by atoms with Crippen molar-refractivity contribution >= 4 is 23.4 Å². The van der Waals surface area contributed by atoms with Crippen LogP contribution in [-0.4, -0.2) is 9.97 Å². The van der Waals surface area contributed by atoms with E-state index >= 15 is 0 Å². The number of nitrogens with zero attached hydrogens (tertiary/aromatic N) is 1. The van der Waals surface area contributed by atoms with Gasteiger partial charge in [0.2, 0.25) is 0 Å². The second-order valence-electron chi connectivity index (χ2n) is 2.91. The lowest BCUT2D eigenvalue weighted by Crippen LogP contribution is -2.07. The monoisotopic (exact) mass is 256 g/mol. The Labute approximate surface area is 99.7 Å². The molecule has 0 saturated carbocycles. The summed E-state index contributed by atoms with van der Waals surface area (Å²) in [5.74, 6) is -0.342. The maximum Gasteiger partial charge on any atom is 0.270 e. The highest BCUT2D eigenvalue weighted by Gasteiger charge is 2.07. The molecule has 3 nitrogen and oxygen atoms in total. The first-order valence-corrected chi connectivity index (χ1v) is 5.53. The van der Waals surface area contributed by atoms with Crippen molar-refractivity contribution in [1.82, 2.24) is 9.97 Å². The normalized spacial score (nSPS) is 10.4. The summed E-state index contributed by atoms with van der Waals surface area (Å²) in [4.78, 5) is 18.1. The SMILES string of the molecule is O=c1[nH]cnc(Sc2cccc(F)c2)c1Cl. The number of halogens is 2. The molecule has 0 aliphatic rings. The summed E-state index contributed by atoms with van der Waals surface area (Å²) < 4.78 is 12.9. The molecule has 0 radical (unpaired) electrons. The minimum Gasteiger partial charge on any atom is -0.312 e. The quantitative estimate of drug-likeness (QED) is 0.841. The standard InChI is InChI=1S/C10H6ClFN2OS/c11-8-9(15)13-5-14-10(8)16-7-3-1-2-6(12)4-7/h1-5H,(H,13,14,15). The Morgan fingerprint density at radius 2 is 2.25 bits per heavy atom. The van der Waals surface area contributed by atoms with Crippen LogP contribution in [0, 0.1) is 5.82 Å². The summed E-state index contributed by atoms with van der Waals surface area (Å²) in [5.41, 5.74) is -0.407. The fourth-order valence-electron chi connectivity index (χ4n) is 1.08. The van der Waals surface area contributed by atoms with Crippen LogP contribution >= 0.6 is 23.4 Å². The van der Waals surface area contributed by atoms with Crippen molar-refractivity contribution in [3.05, 3.63) is 51.8 Å². The molecule has 0 aliphatic carbocycles. The summed E-state index contributed by atoms with van der Waals surface area (Å²) in [6.45, 7) is 0. The minimum atomic E-state index is -0.407. The Hall–Kier alpha value is -1.33. The highest BCUT2D eigenvalue weighted by atomic mass is 35.5. The smallest absolute Gasteiger partial charge is 0.270 e. The number of rotatable bonds is 2. The van der Waals surface area contributed by atoms with Crippen molar-refractivity contribution in [1.29, 1.82) is 0 Å². The molecule has 1 N–H and O–H groups in total. The van der Waals surface area contributed by atoms with E-state index < -0.39 is 5.56 Å². The highest BCUT2D eigenvalue weighted by molar-refractivity contribution is 7.99. The molecule has 0 saturated heterocycles. The largest absolute Gasteiger partial charge is 0.312 e. The summed E-state index contributed by atoms with van der Waals surface area (Å²) in [5, 5.41) is 0.368. The first-order chi connectivity index (χ1) is 7.66. The third-order valence-electron chi connectivity index (χ3n) is 1.78. The summed E-state index contributed by atoms with van der Waals surface area (Å²) in [6, 6.07) is 5.99. The zero-order chi connectivity index (χ0) is 11.5. The van der Waals surface area contributed by atoms with E-state index in [-0.39, 0.29) is 10.8 Å². The molecule has 6 heteroatoms. The van der Waals surface area contributed by atoms with Crippen molar-refractivity contribution in [2.45, 2.75) is 9.92 Å². The van der Waals surface area contributed by atoms with Crippen LogP contribution < -0.4 is 5.56 Å². The Morgan fingerprint density at radius 3 is 3.00 bits per heavy atom. The summed E-state index contributed by atoms with van der Waals surface area (Å²) >= 11 is 6.90. The van der Waals surface area contributed by atoms with Gasteiger partial charge in [0, 0.05) is 4.90 Å². The van der Waals surface area contributed by atoms with E-state index in [1.54, 1.807) is 12.1 Å².